The van der Waals surface area contributed by atoms with E-state index in [9.17, 15) is 9.59 Å². The zero-order chi connectivity index (χ0) is 19.6. The zero-order valence-corrected chi connectivity index (χ0v) is 16.4. The van der Waals surface area contributed by atoms with Crippen molar-refractivity contribution < 1.29 is 9.59 Å². The lowest BCUT2D eigenvalue weighted by atomic mass is 10.1. The predicted octanol–water partition coefficient (Wildman–Crippen LogP) is 3.85. The average molecular weight is 367 g/mol. The number of nitrogens with one attached hydrogen (secondary N) is 2. The second kappa shape index (κ2) is 10.4. The third-order valence-corrected chi connectivity index (χ3v) is 4.34. The lowest BCUT2D eigenvalue weighted by Crippen LogP contribution is -2.26. The number of hydrogen-bond donors (Lipinski definition) is 2. The van der Waals surface area contributed by atoms with E-state index in [2.05, 4.69) is 29.4 Å². The SMILES string of the molecule is CCCN(CC)c1ccc(C(=O)NCCc2ccc(NC(C)=O)cc2)cc1. The van der Waals surface area contributed by atoms with Crippen LogP contribution in [0.4, 0.5) is 11.4 Å². The molecule has 0 spiro atoms. The molecule has 144 valence electrons. The first-order valence-electron chi connectivity index (χ1n) is 9.53. The molecule has 0 aliphatic rings. The van der Waals surface area contributed by atoms with Crippen LogP contribution < -0.4 is 15.5 Å². The molecule has 0 unspecified atom stereocenters. The van der Waals surface area contributed by atoms with Gasteiger partial charge in [-0.3, -0.25) is 9.59 Å². The Labute approximate surface area is 161 Å². The second-order valence-corrected chi connectivity index (χ2v) is 6.51. The van der Waals surface area contributed by atoms with Crippen molar-refractivity contribution in [2.24, 2.45) is 0 Å². The first-order valence-corrected chi connectivity index (χ1v) is 9.53. The lowest BCUT2D eigenvalue weighted by molar-refractivity contribution is -0.114. The summed E-state index contributed by atoms with van der Waals surface area (Å²) in [6.07, 6.45) is 1.84. The van der Waals surface area contributed by atoms with Gasteiger partial charge in [0.25, 0.3) is 5.91 Å². The average Bonchev–Trinajstić information content (AvgIpc) is 2.67. The Morgan fingerprint density at radius 1 is 0.963 bits per heavy atom. The third kappa shape index (κ3) is 6.44. The number of anilines is 2. The molecule has 2 amide bonds. The molecule has 0 aliphatic carbocycles. The minimum atomic E-state index is -0.0854. The van der Waals surface area contributed by atoms with E-state index in [0.717, 1.165) is 42.9 Å². The molecule has 2 N–H and O–H groups in total. The minimum Gasteiger partial charge on any atom is -0.372 e. The summed E-state index contributed by atoms with van der Waals surface area (Å²) >= 11 is 0. The summed E-state index contributed by atoms with van der Waals surface area (Å²) in [5, 5.41) is 5.70. The molecule has 0 bridgehead atoms. The fourth-order valence-corrected chi connectivity index (χ4v) is 2.94. The molecule has 27 heavy (non-hydrogen) atoms. The van der Waals surface area contributed by atoms with Crippen LogP contribution in [0.25, 0.3) is 0 Å². The van der Waals surface area contributed by atoms with Crippen LogP contribution in [0.3, 0.4) is 0 Å². The molecule has 0 fully saturated rings. The van der Waals surface area contributed by atoms with Crippen molar-refractivity contribution in [2.75, 3.05) is 29.9 Å². The van der Waals surface area contributed by atoms with E-state index in [-0.39, 0.29) is 11.8 Å². The Balaban J connectivity index is 1.84. The normalized spacial score (nSPS) is 10.3. The van der Waals surface area contributed by atoms with E-state index in [1.54, 1.807) is 0 Å². The zero-order valence-electron chi connectivity index (χ0n) is 16.4. The van der Waals surface area contributed by atoms with Crippen LogP contribution in [0.5, 0.6) is 0 Å². The van der Waals surface area contributed by atoms with Gasteiger partial charge in [0.15, 0.2) is 0 Å². The van der Waals surface area contributed by atoms with Gasteiger partial charge in [-0.25, -0.2) is 0 Å². The van der Waals surface area contributed by atoms with Crippen LogP contribution in [-0.2, 0) is 11.2 Å². The Morgan fingerprint density at radius 3 is 2.19 bits per heavy atom. The van der Waals surface area contributed by atoms with Gasteiger partial charge in [-0.2, -0.15) is 0 Å². The van der Waals surface area contributed by atoms with Gasteiger partial charge in [0.2, 0.25) is 5.91 Å². The lowest BCUT2D eigenvalue weighted by Gasteiger charge is -2.22. The van der Waals surface area contributed by atoms with E-state index in [1.165, 1.54) is 6.92 Å². The number of benzene rings is 2. The summed E-state index contributed by atoms with van der Waals surface area (Å²) < 4.78 is 0. The molecule has 0 aromatic heterocycles. The summed E-state index contributed by atoms with van der Waals surface area (Å²) in [5.41, 5.74) is 3.71. The maximum absolute atomic E-state index is 12.3. The van der Waals surface area contributed by atoms with Gasteiger partial charge in [0.1, 0.15) is 0 Å². The number of rotatable bonds is 9. The second-order valence-electron chi connectivity index (χ2n) is 6.51. The highest BCUT2D eigenvalue weighted by atomic mass is 16.2. The van der Waals surface area contributed by atoms with Crippen LogP contribution >= 0.6 is 0 Å². The minimum absolute atomic E-state index is 0.0602. The predicted molar refractivity (Wildman–Crippen MR) is 111 cm³/mol. The molecule has 2 aromatic carbocycles. The number of carbonyl (C=O) groups excluding carboxylic acids is 2. The largest absolute Gasteiger partial charge is 0.372 e. The third-order valence-electron chi connectivity index (χ3n) is 4.34. The molecule has 0 saturated heterocycles. The first kappa shape index (κ1) is 20.5. The standard InChI is InChI=1S/C22H29N3O2/c1-4-16-25(5-2)21-12-8-19(9-13-21)22(27)23-15-14-18-6-10-20(11-7-18)24-17(3)26/h6-13H,4-5,14-16H2,1-3H3,(H,23,27)(H,24,26). The van der Waals surface area contributed by atoms with Gasteiger partial charge in [-0.1, -0.05) is 19.1 Å². The molecule has 0 atom stereocenters. The fourth-order valence-electron chi connectivity index (χ4n) is 2.94. The summed E-state index contributed by atoms with van der Waals surface area (Å²) in [6.45, 7) is 8.33. The van der Waals surface area contributed by atoms with Gasteiger partial charge < -0.3 is 15.5 Å². The smallest absolute Gasteiger partial charge is 0.251 e. The van der Waals surface area contributed by atoms with Crippen molar-refractivity contribution >= 4 is 23.2 Å². The van der Waals surface area contributed by atoms with Crippen LogP contribution in [0.1, 0.15) is 43.1 Å². The molecular formula is C22H29N3O2. The molecule has 2 aromatic rings. The van der Waals surface area contributed by atoms with Crippen molar-refractivity contribution in [1.82, 2.24) is 5.32 Å². The van der Waals surface area contributed by atoms with Gasteiger partial charge in [-0.05, 0) is 61.7 Å². The van der Waals surface area contributed by atoms with Crippen molar-refractivity contribution in [3.8, 4) is 0 Å². The van der Waals surface area contributed by atoms with E-state index >= 15 is 0 Å². The fraction of sp³-hybridized carbons (Fsp3) is 0.364. The molecular weight excluding hydrogens is 338 g/mol. The van der Waals surface area contributed by atoms with Gasteiger partial charge in [-0.15, -0.1) is 0 Å². The van der Waals surface area contributed by atoms with E-state index in [1.807, 2.05) is 48.5 Å². The number of nitrogens with zero attached hydrogens (tertiary/aromatic N) is 1. The Hall–Kier alpha value is -2.82. The molecule has 0 saturated carbocycles. The summed E-state index contributed by atoms with van der Waals surface area (Å²) in [7, 11) is 0. The quantitative estimate of drug-likeness (QED) is 0.708. The first-order chi connectivity index (χ1) is 13.0. The van der Waals surface area contributed by atoms with Crippen LogP contribution in [-0.4, -0.2) is 31.4 Å². The Bertz CT molecular complexity index is 739. The molecule has 2 rings (SSSR count). The molecule has 0 aliphatic heterocycles. The molecule has 5 nitrogen and oxygen atoms in total. The monoisotopic (exact) mass is 367 g/mol. The van der Waals surface area contributed by atoms with E-state index in [4.69, 9.17) is 0 Å². The van der Waals surface area contributed by atoms with Crippen molar-refractivity contribution in [3.05, 3.63) is 59.7 Å². The summed E-state index contributed by atoms with van der Waals surface area (Å²) in [5.74, 6) is -0.146. The molecule has 5 heteroatoms. The number of amides is 2. The van der Waals surface area contributed by atoms with Crippen molar-refractivity contribution in [3.63, 3.8) is 0 Å². The van der Waals surface area contributed by atoms with Crippen molar-refractivity contribution in [1.29, 1.82) is 0 Å². The Kier molecular flexibility index (Phi) is 7.86. The summed E-state index contributed by atoms with van der Waals surface area (Å²) in [4.78, 5) is 25.6. The molecule has 0 radical (unpaired) electrons. The topological polar surface area (TPSA) is 61.4 Å². The van der Waals surface area contributed by atoms with Crippen molar-refractivity contribution in [2.45, 2.75) is 33.6 Å². The molecule has 0 heterocycles. The van der Waals surface area contributed by atoms with Crippen LogP contribution in [0, 0.1) is 0 Å². The van der Waals surface area contributed by atoms with E-state index in [0.29, 0.717) is 12.1 Å². The number of hydrogen-bond acceptors (Lipinski definition) is 3. The van der Waals surface area contributed by atoms with Gasteiger partial charge in [0.05, 0.1) is 0 Å². The van der Waals surface area contributed by atoms with Gasteiger partial charge in [0, 0.05) is 43.5 Å². The highest BCUT2D eigenvalue weighted by Gasteiger charge is 2.07. The number of carbonyl (C=O) groups is 2. The van der Waals surface area contributed by atoms with Crippen LogP contribution in [0.15, 0.2) is 48.5 Å². The summed E-state index contributed by atoms with van der Waals surface area (Å²) in [6, 6.07) is 15.4. The van der Waals surface area contributed by atoms with E-state index < -0.39 is 0 Å². The maximum atomic E-state index is 12.3. The highest BCUT2D eigenvalue weighted by molar-refractivity contribution is 5.94. The highest BCUT2D eigenvalue weighted by Crippen LogP contribution is 2.15. The Morgan fingerprint density at radius 2 is 1.63 bits per heavy atom. The van der Waals surface area contributed by atoms with Crippen LogP contribution in [0.2, 0.25) is 0 Å². The van der Waals surface area contributed by atoms with Gasteiger partial charge >= 0.3 is 0 Å². The maximum Gasteiger partial charge on any atom is 0.251 e.